The van der Waals surface area contributed by atoms with Crippen molar-refractivity contribution in [3.63, 3.8) is 0 Å². The highest BCUT2D eigenvalue weighted by Crippen LogP contribution is 2.42. The van der Waals surface area contributed by atoms with Gasteiger partial charge >= 0.3 is 5.97 Å². The van der Waals surface area contributed by atoms with Crippen LogP contribution in [0, 0.1) is 0 Å². The van der Waals surface area contributed by atoms with Crippen molar-refractivity contribution in [2.24, 2.45) is 0 Å². The number of para-hydroxylation sites is 2. The number of aromatic nitrogens is 3. The molecule has 9 nitrogen and oxygen atoms in total. The molecule has 3 N–H and O–H groups in total. The quantitative estimate of drug-likeness (QED) is 0.320. The lowest BCUT2D eigenvalue weighted by atomic mass is 10.1. The molecule has 0 saturated carbocycles. The van der Waals surface area contributed by atoms with E-state index in [9.17, 15) is 9.90 Å². The van der Waals surface area contributed by atoms with Gasteiger partial charge < -0.3 is 9.84 Å². The number of H-pyrrole nitrogens is 1. The Balaban J connectivity index is 1.58. The zero-order chi connectivity index (χ0) is 20.2. The molecule has 0 saturated heterocycles. The number of hydrogen-bond donors (Lipinski definition) is 3. The maximum absolute atomic E-state index is 11.1. The van der Waals surface area contributed by atoms with Crippen molar-refractivity contribution in [2.45, 2.75) is 12.8 Å². The van der Waals surface area contributed by atoms with Gasteiger partial charge in [0.1, 0.15) is 11.4 Å². The normalized spacial score (nSPS) is 12.4. The fourth-order valence-corrected chi connectivity index (χ4v) is 3.12. The van der Waals surface area contributed by atoms with Gasteiger partial charge in [0.25, 0.3) is 0 Å². The summed E-state index contributed by atoms with van der Waals surface area (Å²) in [4.78, 5) is 11.1. The second-order valence-electron chi connectivity index (χ2n) is 6.38. The fourth-order valence-electron chi connectivity index (χ4n) is 3.12. The number of ether oxygens (including phenoxy) is 1. The number of carbonyl (C=O) groups excluding carboxylic acids is 1. The number of phenolic OH excluding ortho intramolecular Hbond substituents is 1. The van der Waals surface area contributed by atoms with Crippen molar-refractivity contribution in [1.29, 1.82) is 0 Å². The van der Waals surface area contributed by atoms with Crippen molar-refractivity contribution in [3.8, 4) is 5.75 Å². The van der Waals surface area contributed by atoms with Crippen LogP contribution in [-0.2, 0) is 16.0 Å². The van der Waals surface area contributed by atoms with Gasteiger partial charge in [0.05, 0.1) is 24.2 Å². The van der Waals surface area contributed by atoms with Crippen molar-refractivity contribution < 1.29 is 14.6 Å². The van der Waals surface area contributed by atoms with Crippen LogP contribution in [0.5, 0.6) is 5.75 Å². The number of nitrogens with zero attached hydrogens (tertiary/aromatic N) is 4. The monoisotopic (exact) mass is 392 g/mol. The lowest BCUT2D eigenvalue weighted by molar-refractivity contribution is -0.137. The van der Waals surface area contributed by atoms with Crippen LogP contribution < -0.4 is 15.6 Å². The molecule has 148 valence electrons. The minimum Gasteiger partial charge on any atom is -0.506 e. The molecule has 0 bridgehead atoms. The first-order chi connectivity index (χ1) is 14.2. The minimum absolute atomic E-state index is 0.112. The van der Waals surface area contributed by atoms with Crippen LogP contribution in [0.4, 0.5) is 22.9 Å². The van der Waals surface area contributed by atoms with Crippen LogP contribution in [0.1, 0.15) is 12.0 Å². The van der Waals surface area contributed by atoms with E-state index in [1.165, 1.54) is 0 Å². The average Bonchev–Trinajstić information content (AvgIpc) is 3.39. The molecule has 0 spiro atoms. The summed E-state index contributed by atoms with van der Waals surface area (Å²) in [6, 6.07) is 13.1. The number of aromatic amines is 1. The van der Waals surface area contributed by atoms with Gasteiger partial charge in [0.2, 0.25) is 0 Å². The van der Waals surface area contributed by atoms with E-state index >= 15 is 0 Å². The van der Waals surface area contributed by atoms with E-state index in [1.807, 2.05) is 41.4 Å². The SMILES string of the molecule is C=CC(=O)OCCCc1ccc(O)c(N2Nc3ccccc3N2c2cn[nH]n2)c1. The topological polar surface area (TPSA) is 107 Å². The molecule has 2 aromatic carbocycles. The predicted molar refractivity (Wildman–Crippen MR) is 109 cm³/mol. The summed E-state index contributed by atoms with van der Waals surface area (Å²) >= 11 is 0. The number of aryl methyl sites for hydroxylation is 1. The second-order valence-corrected chi connectivity index (χ2v) is 6.38. The average molecular weight is 392 g/mol. The van der Waals surface area contributed by atoms with Gasteiger partial charge in [0.15, 0.2) is 5.82 Å². The number of rotatable bonds is 7. The van der Waals surface area contributed by atoms with E-state index in [0.717, 1.165) is 23.0 Å². The standard InChI is InChI=1S/C20H20N6O3/c1-2-20(28)29-11-5-6-14-9-10-18(27)17(12-14)26-23-15-7-3-4-8-16(15)25(26)19-13-21-24-22-19/h2-4,7-10,12-13,23,27H,1,5-6,11H2,(H,21,22,24). The lowest BCUT2D eigenvalue weighted by Crippen LogP contribution is -2.38. The number of esters is 1. The number of hydrazine groups is 2. The number of fused-ring (bicyclic) bond motifs is 1. The van der Waals surface area contributed by atoms with Gasteiger partial charge in [-0.25, -0.2) is 9.80 Å². The van der Waals surface area contributed by atoms with Gasteiger partial charge in [-0.3, -0.25) is 5.43 Å². The zero-order valence-corrected chi connectivity index (χ0v) is 15.6. The molecule has 29 heavy (non-hydrogen) atoms. The molecule has 0 aliphatic carbocycles. The van der Waals surface area contributed by atoms with Gasteiger partial charge in [-0.1, -0.05) is 24.8 Å². The third kappa shape index (κ3) is 3.70. The molecular weight excluding hydrogens is 372 g/mol. The maximum atomic E-state index is 11.1. The third-order valence-electron chi connectivity index (χ3n) is 4.47. The highest BCUT2D eigenvalue weighted by molar-refractivity contribution is 5.86. The Morgan fingerprint density at radius 2 is 2.10 bits per heavy atom. The molecule has 1 aliphatic rings. The summed E-state index contributed by atoms with van der Waals surface area (Å²) in [6.07, 6.45) is 4.09. The van der Waals surface area contributed by atoms with Crippen molar-refractivity contribution >= 4 is 28.8 Å². The number of anilines is 4. The highest BCUT2D eigenvalue weighted by atomic mass is 16.5. The van der Waals surface area contributed by atoms with Gasteiger partial charge in [-0.2, -0.15) is 15.4 Å². The molecule has 0 radical (unpaired) electrons. The zero-order valence-electron chi connectivity index (χ0n) is 15.6. The predicted octanol–water partition coefficient (Wildman–Crippen LogP) is 3.07. The first kappa shape index (κ1) is 18.4. The van der Waals surface area contributed by atoms with Crippen LogP contribution in [0.3, 0.4) is 0 Å². The first-order valence-corrected chi connectivity index (χ1v) is 9.10. The summed E-state index contributed by atoms with van der Waals surface area (Å²) < 4.78 is 5.02. The molecule has 3 aromatic rings. The van der Waals surface area contributed by atoms with Crippen LogP contribution in [0.15, 0.2) is 61.3 Å². The molecule has 0 fully saturated rings. The smallest absolute Gasteiger partial charge is 0.330 e. The summed E-state index contributed by atoms with van der Waals surface area (Å²) in [5, 5.41) is 24.8. The number of hydrogen-bond acceptors (Lipinski definition) is 8. The third-order valence-corrected chi connectivity index (χ3v) is 4.47. The molecule has 0 atom stereocenters. The molecule has 1 aliphatic heterocycles. The largest absolute Gasteiger partial charge is 0.506 e. The molecule has 4 rings (SSSR count). The van der Waals surface area contributed by atoms with Gasteiger partial charge in [-0.15, -0.1) is 5.10 Å². The van der Waals surface area contributed by atoms with E-state index < -0.39 is 5.97 Å². The number of carbonyl (C=O) groups is 1. The Hall–Kier alpha value is -4.01. The van der Waals surface area contributed by atoms with E-state index in [2.05, 4.69) is 27.4 Å². The number of aromatic hydroxyl groups is 1. The van der Waals surface area contributed by atoms with E-state index in [0.29, 0.717) is 31.0 Å². The Morgan fingerprint density at radius 1 is 1.24 bits per heavy atom. The fraction of sp³-hybridized carbons (Fsp3) is 0.150. The Morgan fingerprint density at radius 3 is 2.90 bits per heavy atom. The molecule has 1 aromatic heterocycles. The molecule has 9 heteroatoms. The van der Waals surface area contributed by atoms with Crippen LogP contribution in [-0.4, -0.2) is 33.1 Å². The van der Waals surface area contributed by atoms with Crippen LogP contribution in [0.25, 0.3) is 0 Å². The van der Waals surface area contributed by atoms with Crippen molar-refractivity contribution in [2.75, 3.05) is 22.2 Å². The molecular formula is C20H20N6O3. The van der Waals surface area contributed by atoms with E-state index in [4.69, 9.17) is 4.74 Å². The Labute approximate surface area is 167 Å². The Bertz CT molecular complexity index is 1020. The van der Waals surface area contributed by atoms with E-state index in [-0.39, 0.29) is 5.75 Å². The molecule has 0 unspecified atom stereocenters. The molecule has 2 heterocycles. The molecule has 0 amide bonds. The second kappa shape index (κ2) is 7.93. The lowest BCUT2D eigenvalue weighted by Gasteiger charge is -2.29. The van der Waals surface area contributed by atoms with Crippen LogP contribution >= 0.6 is 0 Å². The first-order valence-electron chi connectivity index (χ1n) is 9.10. The summed E-state index contributed by atoms with van der Waals surface area (Å²) in [7, 11) is 0. The van der Waals surface area contributed by atoms with Crippen LogP contribution in [0.2, 0.25) is 0 Å². The van der Waals surface area contributed by atoms with Crippen molar-refractivity contribution in [1.82, 2.24) is 15.4 Å². The summed E-state index contributed by atoms with van der Waals surface area (Å²) in [6.45, 7) is 3.68. The van der Waals surface area contributed by atoms with Crippen molar-refractivity contribution in [3.05, 3.63) is 66.9 Å². The number of nitrogens with one attached hydrogen (secondary N) is 2. The highest BCUT2D eigenvalue weighted by Gasteiger charge is 2.31. The van der Waals surface area contributed by atoms with Gasteiger partial charge in [0, 0.05) is 6.08 Å². The summed E-state index contributed by atoms with van der Waals surface area (Å²) in [5.41, 5.74) is 6.58. The maximum Gasteiger partial charge on any atom is 0.330 e. The van der Waals surface area contributed by atoms with Gasteiger partial charge in [-0.05, 0) is 42.7 Å². The Kier molecular flexibility index (Phi) is 5.02. The van der Waals surface area contributed by atoms with E-state index in [1.54, 1.807) is 17.4 Å². The minimum atomic E-state index is -0.432. The number of benzene rings is 2. The number of phenols is 1. The summed E-state index contributed by atoms with van der Waals surface area (Å²) in [5.74, 6) is 0.253.